The van der Waals surface area contributed by atoms with Crippen molar-refractivity contribution < 1.29 is 4.79 Å². The number of carbonyl (C=O) groups is 1. The molecule has 1 heterocycles. The standard InChI is InChI=1S/C18H22N2O2S/c1-18(2,3)13-4-6-16(7-5-13)23-12-17(22)20-11-14-10-15(21)8-9-19-14/h4-10H,11-12H2,1-3H3,(H,19,21)(H,20,22). The Hall–Kier alpha value is -2.01. The van der Waals surface area contributed by atoms with Crippen LogP contribution in [-0.4, -0.2) is 16.6 Å². The number of thioether (sulfide) groups is 1. The first-order chi connectivity index (χ1) is 10.8. The fourth-order valence-electron chi connectivity index (χ4n) is 2.04. The summed E-state index contributed by atoms with van der Waals surface area (Å²) in [5, 5.41) is 2.80. The minimum absolute atomic E-state index is 0.0559. The maximum absolute atomic E-state index is 11.9. The summed E-state index contributed by atoms with van der Waals surface area (Å²) >= 11 is 1.50. The molecule has 0 atom stereocenters. The van der Waals surface area contributed by atoms with E-state index in [4.69, 9.17) is 0 Å². The van der Waals surface area contributed by atoms with Crippen LogP contribution < -0.4 is 10.7 Å². The first kappa shape index (κ1) is 17.3. The Balaban J connectivity index is 1.81. The predicted octanol–water partition coefficient (Wildman–Crippen LogP) is 3.08. The SMILES string of the molecule is CC(C)(C)c1ccc(SCC(=O)NCc2cc(=O)cc[nH]2)cc1. The van der Waals surface area contributed by atoms with Crippen LogP contribution in [0.5, 0.6) is 0 Å². The highest BCUT2D eigenvalue weighted by molar-refractivity contribution is 8.00. The van der Waals surface area contributed by atoms with Crippen LogP contribution in [-0.2, 0) is 16.8 Å². The van der Waals surface area contributed by atoms with E-state index in [1.165, 1.54) is 29.5 Å². The van der Waals surface area contributed by atoms with Crippen LogP contribution in [0.1, 0.15) is 32.0 Å². The summed E-state index contributed by atoms with van der Waals surface area (Å²) in [5.74, 6) is 0.297. The van der Waals surface area contributed by atoms with Crippen molar-refractivity contribution in [3.63, 3.8) is 0 Å². The summed E-state index contributed by atoms with van der Waals surface area (Å²) in [4.78, 5) is 27.1. The third-order valence-corrected chi connectivity index (χ3v) is 4.41. The van der Waals surface area contributed by atoms with Crippen molar-refractivity contribution in [3.05, 3.63) is 64.1 Å². The third kappa shape index (κ3) is 5.60. The number of H-pyrrole nitrogens is 1. The Kier molecular flexibility index (Phi) is 5.66. The van der Waals surface area contributed by atoms with Gasteiger partial charge >= 0.3 is 0 Å². The summed E-state index contributed by atoms with van der Waals surface area (Å²) in [7, 11) is 0. The highest BCUT2D eigenvalue weighted by atomic mass is 32.2. The number of amides is 1. The topological polar surface area (TPSA) is 62.0 Å². The van der Waals surface area contributed by atoms with Gasteiger partial charge < -0.3 is 10.3 Å². The van der Waals surface area contributed by atoms with E-state index in [1.807, 2.05) is 12.1 Å². The van der Waals surface area contributed by atoms with E-state index in [0.717, 1.165) is 4.90 Å². The van der Waals surface area contributed by atoms with Crippen molar-refractivity contribution in [2.75, 3.05) is 5.75 Å². The zero-order valence-corrected chi connectivity index (χ0v) is 14.5. The number of hydrogen-bond acceptors (Lipinski definition) is 3. The van der Waals surface area contributed by atoms with Crippen molar-refractivity contribution in [1.29, 1.82) is 0 Å². The molecule has 0 saturated heterocycles. The van der Waals surface area contributed by atoms with Crippen LogP contribution in [0.2, 0.25) is 0 Å². The molecule has 0 radical (unpaired) electrons. The summed E-state index contributed by atoms with van der Waals surface area (Å²) in [6, 6.07) is 11.2. The second-order valence-corrected chi connectivity index (χ2v) is 7.44. The van der Waals surface area contributed by atoms with Gasteiger partial charge in [0.1, 0.15) is 0 Å². The van der Waals surface area contributed by atoms with Crippen LogP contribution in [0.25, 0.3) is 0 Å². The zero-order valence-electron chi connectivity index (χ0n) is 13.7. The van der Waals surface area contributed by atoms with Crippen molar-refractivity contribution in [2.24, 2.45) is 0 Å². The molecule has 0 unspecified atom stereocenters. The van der Waals surface area contributed by atoms with Gasteiger partial charge in [-0.3, -0.25) is 9.59 Å². The Morgan fingerprint density at radius 1 is 1.17 bits per heavy atom. The van der Waals surface area contributed by atoms with E-state index in [1.54, 1.807) is 6.20 Å². The van der Waals surface area contributed by atoms with Crippen molar-refractivity contribution in [2.45, 2.75) is 37.6 Å². The van der Waals surface area contributed by atoms with Gasteiger partial charge in [0, 0.05) is 28.9 Å². The minimum atomic E-state index is -0.0682. The fraction of sp³-hybridized carbons (Fsp3) is 0.333. The lowest BCUT2D eigenvalue weighted by Crippen LogP contribution is -2.25. The molecule has 2 aromatic rings. The molecule has 122 valence electrons. The van der Waals surface area contributed by atoms with Crippen LogP contribution in [0.4, 0.5) is 0 Å². The molecule has 0 bridgehead atoms. The van der Waals surface area contributed by atoms with Crippen molar-refractivity contribution in [1.82, 2.24) is 10.3 Å². The number of hydrogen-bond donors (Lipinski definition) is 2. The lowest BCUT2D eigenvalue weighted by atomic mass is 9.87. The summed E-state index contributed by atoms with van der Waals surface area (Å²) in [6.07, 6.45) is 1.58. The molecular weight excluding hydrogens is 308 g/mol. The highest BCUT2D eigenvalue weighted by Crippen LogP contribution is 2.25. The van der Waals surface area contributed by atoms with Gasteiger partial charge in [-0.15, -0.1) is 11.8 Å². The number of aromatic nitrogens is 1. The van der Waals surface area contributed by atoms with Gasteiger partial charge in [-0.2, -0.15) is 0 Å². The molecule has 5 heteroatoms. The Morgan fingerprint density at radius 2 is 1.87 bits per heavy atom. The number of benzene rings is 1. The smallest absolute Gasteiger partial charge is 0.230 e. The lowest BCUT2D eigenvalue weighted by molar-refractivity contribution is -0.118. The summed E-state index contributed by atoms with van der Waals surface area (Å²) < 4.78 is 0. The van der Waals surface area contributed by atoms with Crippen LogP contribution in [0.3, 0.4) is 0 Å². The van der Waals surface area contributed by atoms with E-state index in [0.29, 0.717) is 18.0 Å². The molecule has 1 aromatic heterocycles. The Morgan fingerprint density at radius 3 is 2.48 bits per heavy atom. The number of nitrogens with one attached hydrogen (secondary N) is 2. The second-order valence-electron chi connectivity index (χ2n) is 6.39. The van der Waals surface area contributed by atoms with Gasteiger partial charge in [0.2, 0.25) is 5.91 Å². The molecular formula is C18H22N2O2S. The van der Waals surface area contributed by atoms with E-state index < -0.39 is 0 Å². The maximum atomic E-state index is 11.9. The minimum Gasteiger partial charge on any atom is -0.363 e. The Labute approximate surface area is 140 Å². The summed E-state index contributed by atoms with van der Waals surface area (Å²) in [5.41, 5.74) is 2.04. The number of pyridine rings is 1. The first-order valence-corrected chi connectivity index (χ1v) is 8.51. The number of carbonyl (C=O) groups excluding carboxylic acids is 1. The van der Waals surface area contributed by atoms with Gasteiger partial charge in [0.05, 0.1) is 12.3 Å². The van der Waals surface area contributed by atoms with Crippen LogP contribution >= 0.6 is 11.8 Å². The van der Waals surface area contributed by atoms with E-state index >= 15 is 0 Å². The zero-order chi connectivity index (χ0) is 16.9. The first-order valence-electron chi connectivity index (χ1n) is 7.52. The lowest BCUT2D eigenvalue weighted by Gasteiger charge is -2.19. The second kappa shape index (κ2) is 7.51. The molecule has 23 heavy (non-hydrogen) atoms. The number of aromatic amines is 1. The quantitative estimate of drug-likeness (QED) is 0.828. The molecule has 0 aliphatic carbocycles. The average molecular weight is 330 g/mol. The fourth-order valence-corrected chi connectivity index (χ4v) is 2.77. The molecule has 0 spiro atoms. The molecule has 0 saturated carbocycles. The Bertz CT molecular complexity index is 715. The molecule has 2 N–H and O–H groups in total. The van der Waals surface area contributed by atoms with E-state index in [-0.39, 0.29) is 16.8 Å². The average Bonchev–Trinajstić information content (AvgIpc) is 2.50. The molecule has 1 amide bonds. The van der Waals surface area contributed by atoms with Crippen LogP contribution in [0.15, 0.2) is 52.3 Å². The van der Waals surface area contributed by atoms with Gasteiger partial charge in [-0.1, -0.05) is 32.9 Å². The molecule has 0 aliphatic rings. The molecule has 0 fully saturated rings. The molecule has 2 rings (SSSR count). The van der Waals surface area contributed by atoms with E-state index in [2.05, 4.69) is 43.2 Å². The highest BCUT2D eigenvalue weighted by Gasteiger charge is 2.13. The van der Waals surface area contributed by atoms with E-state index in [9.17, 15) is 9.59 Å². The molecule has 0 aliphatic heterocycles. The largest absolute Gasteiger partial charge is 0.363 e. The maximum Gasteiger partial charge on any atom is 0.230 e. The third-order valence-electron chi connectivity index (χ3n) is 3.40. The monoisotopic (exact) mass is 330 g/mol. The van der Waals surface area contributed by atoms with Crippen molar-refractivity contribution in [3.8, 4) is 0 Å². The summed E-state index contributed by atoms with van der Waals surface area (Å²) in [6.45, 7) is 6.86. The predicted molar refractivity (Wildman–Crippen MR) is 94.8 cm³/mol. The van der Waals surface area contributed by atoms with Gasteiger partial charge in [-0.05, 0) is 23.1 Å². The van der Waals surface area contributed by atoms with Gasteiger partial charge in [0.15, 0.2) is 5.43 Å². The molecule has 1 aromatic carbocycles. The van der Waals surface area contributed by atoms with Gasteiger partial charge in [0.25, 0.3) is 0 Å². The molecule has 4 nitrogen and oxygen atoms in total. The van der Waals surface area contributed by atoms with Crippen molar-refractivity contribution >= 4 is 17.7 Å². The normalized spacial score (nSPS) is 11.3. The van der Waals surface area contributed by atoms with Crippen LogP contribution in [0, 0.1) is 0 Å². The number of rotatable bonds is 5. The van der Waals surface area contributed by atoms with Gasteiger partial charge in [-0.25, -0.2) is 0 Å².